The minimum absolute atomic E-state index is 0. The first kappa shape index (κ1) is 19.8. The lowest BCUT2D eigenvalue weighted by Gasteiger charge is -2.10. The van der Waals surface area contributed by atoms with Crippen LogP contribution in [0.25, 0.3) is 0 Å². The van der Waals surface area contributed by atoms with Crippen molar-refractivity contribution in [3.8, 4) is 5.75 Å². The van der Waals surface area contributed by atoms with Gasteiger partial charge in [-0.3, -0.25) is 4.79 Å². The number of benzene rings is 2. The number of hydrogen-bond donors (Lipinski definition) is 2. The number of aryl methyl sites for hydroxylation is 1. The molecule has 0 unspecified atom stereocenters. The molecular weight excluding hydrogens is 324 g/mol. The van der Waals surface area contributed by atoms with Crippen molar-refractivity contribution in [2.24, 2.45) is 0 Å². The summed E-state index contributed by atoms with van der Waals surface area (Å²) >= 11 is 0. The molecule has 5 heteroatoms. The first-order valence-electron chi connectivity index (χ1n) is 7.82. The Labute approximate surface area is 149 Å². The standard InChI is InChI=1S/C19H24N2O2.ClH/c1-13(2)15-7-4-14(5-8-15)6-11-19(22)21-18-12-16(23-3)9-10-17(18)20;/h4-5,7-10,12-13H,6,11,20H2,1-3H3,(H,21,22);1H. The van der Waals surface area contributed by atoms with E-state index in [1.165, 1.54) is 5.56 Å². The third-order valence-electron chi connectivity index (χ3n) is 3.82. The van der Waals surface area contributed by atoms with Crippen LogP contribution < -0.4 is 15.8 Å². The molecule has 2 aromatic carbocycles. The van der Waals surface area contributed by atoms with Gasteiger partial charge in [0.25, 0.3) is 0 Å². The van der Waals surface area contributed by atoms with Crippen molar-refractivity contribution in [1.29, 1.82) is 0 Å². The first-order chi connectivity index (χ1) is 11.0. The van der Waals surface area contributed by atoms with Gasteiger partial charge >= 0.3 is 0 Å². The normalized spacial score (nSPS) is 10.2. The summed E-state index contributed by atoms with van der Waals surface area (Å²) in [6, 6.07) is 13.6. The van der Waals surface area contributed by atoms with Crippen molar-refractivity contribution in [3.05, 3.63) is 53.6 Å². The molecule has 0 fully saturated rings. The molecule has 0 heterocycles. The highest BCUT2D eigenvalue weighted by molar-refractivity contribution is 5.94. The van der Waals surface area contributed by atoms with E-state index in [4.69, 9.17) is 10.5 Å². The van der Waals surface area contributed by atoms with Gasteiger partial charge in [0.1, 0.15) is 5.75 Å². The third-order valence-corrected chi connectivity index (χ3v) is 3.82. The molecule has 24 heavy (non-hydrogen) atoms. The van der Waals surface area contributed by atoms with Crippen molar-refractivity contribution in [2.45, 2.75) is 32.6 Å². The lowest BCUT2D eigenvalue weighted by molar-refractivity contribution is -0.116. The molecule has 0 saturated carbocycles. The second-order valence-electron chi connectivity index (χ2n) is 5.90. The van der Waals surface area contributed by atoms with Crippen LogP contribution >= 0.6 is 12.4 Å². The highest BCUT2D eigenvalue weighted by Crippen LogP contribution is 2.24. The Hall–Kier alpha value is -2.20. The summed E-state index contributed by atoms with van der Waals surface area (Å²) in [7, 11) is 1.58. The maximum Gasteiger partial charge on any atom is 0.224 e. The van der Waals surface area contributed by atoms with Crippen molar-refractivity contribution < 1.29 is 9.53 Å². The molecule has 3 N–H and O–H groups in total. The molecule has 0 saturated heterocycles. The van der Waals surface area contributed by atoms with Gasteiger partial charge < -0.3 is 15.8 Å². The van der Waals surface area contributed by atoms with Crippen LogP contribution in [-0.4, -0.2) is 13.0 Å². The maximum atomic E-state index is 12.1. The maximum absolute atomic E-state index is 12.1. The number of carbonyl (C=O) groups is 1. The summed E-state index contributed by atoms with van der Waals surface area (Å²) in [5, 5.41) is 2.84. The average molecular weight is 349 g/mol. The molecule has 130 valence electrons. The van der Waals surface area contributed by atoms with Gasteiger partial charge in [0.15, 0.2) is 0 Å². The van der Waals surface area contributed by atoms with Crippen LogP contribution in [0.4, 0.5) is 11.4 Å². The number of nitrogens with two attached hydrogens (primary N) is 1. The number of halogens is 1. The lowest BCUT2D eigenvalue weighted by Crippen LogP contribution is -2.13. The van der Waals surface area contributed by atoms with Gasteiger partial charge in [0.2, 0.25) is 5.91 Å². The molecule has 2 rings (SSSR count). The topological polar surface area (TPSA) is 64.3 Å². The molecule has 0 aromatic heterocycles. The number of anilines is 2. The zero-order valence-electron chi connectivity index (χ0n) is 14.3. The quantitative estimate of drug-likeness (QED) is 0.761. The van der Waals surface area contributed by atoms with Crippen molar-refractivity contribution in [2.75, 3.05) is 18.2 Å². The fourth-order valence-electron chi connectivity index (χ4n) is 2.31. The van der Waals surface area contributed by atoms with E-state index in [1.807, 2.05) is 0 Å². The summed E-state index contributed by atoms with van der Waals surface area (Å²) in [4.78, 5) is 12.1. The largest absolute Gasteiger partial charge is 0.497 e. The monoisotopic (exact) mass is 348 g/mol. The van der Waals surface area contributed by atoms with Crippen LogP contribution in [0.2, 0.25) is 0 Å². The molecule has 0 aliphatic heterocycles. The van der Waals surface area contributed by atoms with Gasteiger partial charge in [-0.25, -0.2) is 0 Å². The van der Waals surface area contributed by atoms with E-state index in [0.717, 1.165) is 5.56 Å². The van der Waals surface area contributed by atoms with E-state index in [0.29, 0.717) is 35.9 Å². The third kappa shape index (κ3) is 5.46. The van der Waals surface area contributed by atoms with Crippen LogP contribution in [0.3, 0.4) is 0 Å². The summed E-state index contributed by atoms with van der Waals surface area (Å²) in [5.74, 6) is 1.13. The summed E-state index contributed by atoms with van der Waals surface area (Å²) in [6.45, 7) is 4.34. The Morgan fingerprint density at radius 2 is 1.83 bits per heavy atom. The van der Waals surface area contributed by atoms with Crippen LogP contribution in [-0.2, 0) is 11.2 Å². The number of amides is 1. The number of rotatable bonds is 6. The molecule has 0 bridgehead atoms. The van der Waals surface area contributed by atoms with E-state index in [-0.39, 0.29) is 18.3 Å². The smallest absolute Gasteiger partial charge is 0.224 e. The number of methoxy groups -OCH3 is 1. The van der Waals surface area contributed by atoms with Gasteiger partial charge in [0, 0.05) is 12.5 Å². The van der Waals surface area contributed by atoms with Gasteiger partial charge in [-0.2, -0.15) is 0 Å². The van der Waals surface area contributed by atoms with E-state index in [1.54, 1.807) is 25.3 Å². The lowest BCUT2D eigenvalue weighted by atomic mass is 10.0. The number of ether oxygens (including phenoxy) is 1. The highest BCUT2D eigenvalue weighted by Gasteiger charge is 2.07. The van der Waals surface area contributed by atoms with Gasteiger partial charge in [-0.05, 0) is 35.6 Å². The Balaban J connectivity index is 0.00000288. The van der Waals surface area contributed by atoms with Crippen molar-refractivity contribution >= 4 is 29.7 Å². The van der Waals surface area contributed by atoms with E-state index in [9.17, 15) is 4.79 Å². The van der Waals surface area contributed by atoms with Gasteiger partial charge in [0.05, 0.1) is 18.5 Å². The summed E-state index contributed by atoms with van der Waals surface area (Å²) < 4.78 is 5.14. The molecule has 0 aliphatic carbocycles. The predicted molar refractivity (Wildman–Crippen MR) is 102 cm³/mol. The molecule has 0 aliphatic rings. The summed E-state index contributed by atoms with van der Waals surface area (Å²) in [6.07, 6.45) is 1.12. The highest BCUT2D eigenvalue weighted by atomic mass is 35.5. The van der Waals surface area contributed by atoms with E-state index >= 15 is 0 Å². The van der Waals surface area contributed by atoms with Gasteiger partial charge in [-0.1, -0.05) is 38.1 Å². The second kappa shape index (κ2) is 9.18. The van der Waals surface area contributed by atoms with Crippen LogP contribution in [0, 0.1) is 0 Å². The van der Waals surface area contributed by atoms with Crippen LogP contribution in [0.5, 0.6) is 5.75 Å². The molecule has 0 atom stereocenters. The van der Waals surface area contributed by atoms with Crippen LogP contribution in [0.1, 0.15) is 37.3 Å². The van der Waals surface area contributed by atoms with Crippen LogP contribution in [0.15, 0.2) is 42.5 Å². The zero-order valence-corrected chi connectivity index (χ0v) is 15.2. The van der Waals surface area contributed by atoms with Crippen molar-refractivity contribution in [1.82, 2.24) is 0 Å². The van der Waals surface area contributed by atoms with Crippen molar-refractivity contribution in [3.63, 3.8) is 0 Å². The molecular formula is C19H25ClN2O2. The molecule has 2 aromatic rings. The Bertz CT molecular complexity index is 670. The molecule has 0 radical (unpaired) electrons. The van der Waals surface area contributed by atoms with E-state index in [2.05, 4.69) is 43.4 Å². The number of carbonyl (C=O) groups excluding carboxylic acids is 1. The number of nitrogens with one attached hydrogen (secondary N) is 1. The fourth-order valence-corrected chi connectivity index (χ4v) is 2.31. The SMILES string of the molecule is COc1ccc(N)c(NC(=O)CCc2ccc(C(C)C)cc2)c1.Cl. The Kier molecular flexibility index (Phi) is 7.59. The fraction of sp³-hybridized carbons (Fsp3) is 0.316. The van der Waals surface area contributed by atoms with Gasteiger partial charge in [-0.15, -0.1) is 12.4 Å². The minimum atomic E-state index is -0.0575. The molecule has 1 amide bonds. The number of hydrogen-bond acceptors (Lipinski definition) is 3. The zero-order chi connectivity index (χ0) is 16.8. The average Bonchev–Trinajstić information content (AvgIpc) is 2.55. The Morgan fingerprint density at radius 1 is 1.17 bits per heavy atom. The second-order valence-corrected chi connectivity index (χ2v) is 5.90. The predicted octanol–water partition coefficient (Wildman–Crippen LogP) is 4.39. The minimum Gasteiger partial charge on any atom is -0.497 e. The summed E-state index contributed by atoms with van der Waals surface area (Å²) in [5.41, 5.74) is 9.45. The van der Waals surface area contributed by atoms with E-state index < -0.39 is 0 Å². The molecule has 4 nitrogen and oxygen atoms in total. The molecule has 0 spiro atoms. The number of nitrogen functional groups attached to an aromatic ring is 1. The Morgan fingerprint density at radius 3 is 2.42 bits per heavy atom. The first-order valence-corrected chi connectivity index (χ1v) is 7.82.